The van der Waals surface area contributed by atoms with Gasteiger partial charge >= 0.3 is 0 Å². The predicted octanol–water partition coefficient (Wildman–Crippen LogP) is 2.95. The molecule has 0 saturated carbocycles. The van der Waals surface area contributed by atoms with Crippen molar-refractivity contribution in [1.29, 1.82) is 0 Å². The number of methoxy groups -OCH3 is 2. The zero-order chi connectivity index (χ0) is 18.9. The van der Waals surface area contributed by atoms with Crippen molar-refractivity contribution in [3.8, 4) is 11.5 Å². The molecule has 9 heteroatoms. The van der Waals surface area contributed by atoms with E-state index >= 15 is 0 Å². The molecule has 0 aliphatic heterocycles. The fraction of sp³-hybridized carbons (Fsp3) is 0.353. The molecule has 0 unspecified atom stereocenters. The summed E-state index contributed by atoms with van der Waals surface area (Å²) in [6, 6.07) is 5.55. The van der Waals surface area contributed by atoms with E-state index in [2.05, 4.69) is 27.4 Å². The first-order chi connectivity index (χ1) is 12.6. The summed E-state index contributed by atoms with van der Waals surface area (Å²) in [6.07, 6.45) is 1.75. The summed E-state index contributed by atoms with van der Waals surface area (Å²) < 4.78 is 11.2. The second-order valence-corrected chi connectivity index (χ2v) is 7.78. The van der Waals surface area contributed by atoms with Crippen molar-refractivity contribution >= 4 is 34.1 Å². The lowest BCUT2D eigenvalue weighted by Gasteiger charge is -2.12. The topological polar surface area (TPSA) is 85.4 Å². The Labute approximate surface area is 161 Å². The molecule has 2 aromatic rings. The summed E-state index contributed by atoms with van der Waals surface area (Å²) in [4.78, 5) is 12.3. The van der Waals surface area contributed by atoms with E-state index in [1.165, 1.54) is 23.1 Å². The maximum atomic E-state index is 12.3. The zero-order valence-electron chi connectivity index (χ0n) is 14.9. The summed E-state index contributed by atoms with van der Waals surface area (Å²) in [7, 11) is 3.17. The van der Waals surface area contributed by atoms with Crippen molar-refractivity contribution in [2.24, 2.45) is 0 Å². The first-order valence-electron chi connectivity index (χ1n) is 7.91. The Morgan fingerprint density at radius 2 is 2.12 bits per heavy atom. The number of benzene rings is 1. The minimum absolute atomic E-state index is 0.0689. The van der Waals surface area contributed by atoms with Crippen molar-refractivity contribution in [3.63, 3.8) is 0 Å². The average Bonchev–Trinajstić information content (AvgIpc) is 3.11. The molecule has 1 aromatic heterocycles. The van der Waals surface area contributed by atoms with Gasteiger partial charge in [-0.2, -0.15) is 0 Å². The minimum atomic E-state index is -0.282. The van der Waals surface area contributed by atoms with E-state index in [9.17, 15) is 4.79 Å². The van der Waals surface area contributed by atoms with Crippen molar-refractivity contribution in [3.05, 3.63) is 36.4 Å². The highest BCUT2D eigenvalue weighted by atomic mass is 32.2. The van der Waals surface area contributed by atoms with Crippen LogP contribution in [0.25, 0.3) is 0 Å². The van der Waals surface area contributed by atoms with Gasteiger partial charge in [0.15, 0.2) is 15.8 Å². The molecule has 1 amide bonds. The summed E-state index contributed by atoms with van der Waals surface area (Å²) in [5, 5.41) is 14.5. The van der Waals surface area contributed by atoms with Crippen LogP contribution in [0.4, 0.5) is 5.13 Å². The first-order valence-corrected chi connectivity index (χ1v) is 9.60. The van der Waals surface area contributed by atoms with E-state index < -0.39 is 0 Å². The molecule has 0 bridgehead atoms. The number of aromatic nitrogens is 2. The van der Waals surface area contributed by atoms with E-state index in [0.717, 1.165) is 9.90 Å². The number of nitrogens with one attached hydrogen (secondary N) is 2. The van der Waals surface area contributed by atoms with Crippen LogP contribution in [0.15, 0.2) is 35.2 Å². The van der Waals surface area contributed by atoms with Gasteiger partial charge in [-0.05, 0) is 24.6 Å². The number of carbonyl (C=O) groups is 1. The quantitative estimate of drug-likeness (QED) is 0.473. The average molecular weight is 395 g/mol. The molecule has 0 spiro atoms. The SMILES string of the molecule is C=CCNc1nnc(S[C@H](C)C(=O)NCc2ccc(OC)c(OC)c2)s1. The number of amides is 1. The molecule has 140 valence electrons. The number of carbonyl (C=O) groups excluding carboxylic acids is 1. The Bertz CT molecular complexity index is 751. The van der Waals surface area contributed by atoms with Crippen LogP contribution in [-0.2, 0) is 11.3 Å². The van der Waals surface area contributed by atoms with Gasteiger partial charge in [0, 0.05) is 13.1 Å². The molecule has 0 aliphatic rings. The van der Waals surface area contributed by atoms with Crippen LogP contribution in [0.2, 0.25) is 0 Å². The summed E-state index contributed by atoms with van der Waals surface area (Å²) in [6.45, 7) is 6.52. The van der Waals surface area contributed by atoms with Crippen LogP contribution in [0.1, 0.15) is 12.5 Å². The Kier molecular flexibility index (Phi) is 7.73. The first kappa shape index (κ1) is 20.1. The largest absolute Gasteiger partial charge is 0.493 e. The molecule has 2 N–H and O–H groups in total. The second kappa shape index (κ2) is 10.0. The number of hydrogen-bond donors (Lipinski definition) is 2. The van der Waals surface area contributed by atoms with E-state index in [1.807, 2.05) is 25.1 Å². The van der Waals surface area contributed by atoms with Crippen LogP contribution < -0.4 is 20.1 Å². The Balaban J connectivity index is 1.87. The van der Waals surface area contributed by atoms with Crippen molar-refractivity contribution in [1.82, 2.24) is 15.5 Å². The van der Waals surface area contributed by atoms with Gasteiger partial charge in [0.05, 0.1) is 19.5 Å². The summed E-state index contributed by atoms with van der Waals surface area (Å²) in [5.41, 5.74) is 0.931. The normalized spacial score (nSPS) is 11.5. The minimum Gasteiger partial charge on any atom is -0.493 e. The molecular weight excluding hydrogens is 372 g/mol. The number of anilines is 1. The maximum absolute atomic E-state index is 12.3. The third-order valence-corrected chi connectivity index (χ3v) is 5.43. The van der Waals surface area contributed by atoms with Gasteiger partial charge in [-0.25, -0.2) is 0 Å². The van der Waals surface area contributed by atoms with Crippen molar-refractivity contribution in [2.45, 2.75) is 23.1 Å². The molecule has 1 aromatic carbocycles. The lowest BCUT2D eigenvalue weighted by Crippen LogP contribution is -2.30. The monoisotopic (exact) mass is 394 g/mol. The predicted molar refractivity (Wildman–Crippen MR) is 105 cm³/mol. The Morgan fingerprint density at radius 3 is 2.81 bits per heavy atom. The number of hydrogen-bond acceptors (Lipinski definition) is 8. The molecule has 0 fully saturated rings. The Morgan fingerprint density at radius 1 is 1.35 bits per heavy atom. The highest BCUT2D eigenvalue weighted by Crippen LogP contribution is 2.29. The lowest BCUT2D eigenvalue weighted by molar-refractivity contribution is -0.120. The molecule has 26 heavy (non-hydrogen) atoms. The van der Waals surface area contributed by atoms with Gasteiger partial charge in [-0.1, -0.05) is 35.2 Å². The van der Waals surface area contributed by atoms with Crippen LogP contribution >= 0.6 is 23.1 Å². The molecular formula is C17H22N4O3S2. The van der Waals surface area contributed by atoms with Crippen LogP contribution in [0.5, 0.6) is 11.5 Å². The molecule has 1 atom stereocenters. The van der Waals surface area contributed by atoms with Crippen LogP contribution in [0.3, 0.4) is 0 Å². The number of thioether (sulfide) groups is 1. The highest BCUT2D eigenvalue weighted by Gasteiger charge is 2.17. The van der Waals surface area contributed by atoms with Gasteiger partial charge in [-0.3, -0.25) is 4.79 Å². The molecule has 0 radical (unpaired) electrons. The van der Waals surface area contributed by atoms with Gasteiger partial charge in [0.1, 0.15) is 0 Å². The molecule has 2 rings (SSSR count). The molecule has 1 heterocycles. The fourth-order valence-corrected chi connectivity index (χ4v) is 3.94. The van der Waals surface area contributed by atoms with Gasteiger partial charge in [0.25, 0.3) is 0 Å². The molecule has 0 aliphatic carbocycles. The molecule has 7 nitrogen and oxygen atoms in total. The van der Waals surface area contributed by atoms with Crippen LogP contribution in [0, 0.1) is 0 Å². The fourth-order valence-electron chi connectivity index (χ4n) is 2.02. The Hall–Kier alpha value is -2.26. The van der Waals surface area contributed by atoms with Gasteiger partial charge in [-0.15, -0.1) is 16.8 Å². The summed E-state index contributed by atoms with van der Waals surface area (Å²) in [5.74, 6) is 1.22. The summed E-state index contributed by atoms with van der Waals surface area (Å²) >= 11 is 2.79. The number of ether oxygens (including phenoxy) is 2. The van der Waals surface area contributed by atoms with Crippen molar-refractivity contribution in [2.75, 3.05) is 26.1 Å². The third-order valence-electron chi connectivity index (χ3n) is 3.37. The van der Waals surface area contributed by atoms with E-state index in [4.69, 9.17) is 9.47 Å². The maximum Gasteiger partial charge on any atom is 0.233 e. The third kappa shape index (κ3) is 5.63. The van der Waals surface area contributed by atoms with Gasteiger partial charge < -0.3 is 20.1 Å². The van der Waals surface area contributed by atoms with Crippen LogP contribution in [-0.4, -0.2) is 42.1 Å². The van der Waals surface area contributed by atoms with E-state index in [1.54, 1.807) is 20.3 Å². The second-order valence-electron chi connectivity index (χ2n) is 5.21. The lowest BCUT2D eigenvalue weighted by atomic mass is 10.2. The van der Waals surface area contributed by atoms with E-state index in [-0.39, 0.29) is 11.2 Å². The van der Waals surface area contributed by atoms with E-state index in [0.29, 0.717) is 29.7 Å². The number of nitrogens with zero attached hydrogens (tertiary/aromatic N) is 2. The highest BCUT2D eigenvalue weighted by molar-refractivity contribution is 8.02. The van der Waals surface area contributed by atoms with Crippen molar-refractivity contribution < 1.29 is 14.3 Å². The standard InChI is InChI=1S/C17H22N4O3S2/c1-5-8-18-16-20-21-17(26-16)25-11(2)15(22)19-10-12-6-7-13(23-3)14(9-12)24-4/h5-7,9,11H,1,8,10H2,2-4H3,(H,18,20)(H,19,22)/t11-/m1/s1. The van der Waals surface area contributed by atoms with Gasteiger partial charge in [0.2, 0.25) is 11.0 Å². The number of rotatable bonds is 10. The zero-order valence-corrected chi connectivity index (χ0v) is 16.6. The molecule has 0 saturated heterocycles. The smallest absolute Gasteiger partial charge is 0.233 e.